The summed E-state index contributed by atoms with van der Waals surface area (Å²) >= 11 is 0. The molecule has 7 heterocycles. The van der Waals surface area contributed by atoms with Crippen molar-refractivity contribution < 1.29 is 33.7 Å². The van der Waals surface area contributed by atoms with Crippen molar-refractivity contribution in [1.29, 1.82) is 0 Å². The summed E-state index contributed by atoms with van der Waals surface area (Å²) in [5.74, 6) is -0.958. The van der Waals surface area contributed by atoms with Crippen molar-refractivity contribution in [2.45, 2.75) is 53.8 Å². The second-order valence-corrected chi connectivity index (χ2v) is 10.9. The van der Waals surface area contributed by atoms with E-state index in [2.05, 4.69) is 0 Å². The van der Waals surface area contributed by atoms with E-state index in [0.717, 1.165) is 0 Å². The summed E-state index contributed by atoms with van der Waals surface area (Å²) in [6, 6.07) is -1.30. The smallest absolute Gasteiger partial charge is 0.303 e. The molecule has 12 heteroatoms. The zero-order valence-electron chi connectivity index (χ0n) is 16.7. The number of hydrogen-bond acceptors (Lipinski definition) is 9. The van der Waals surface area contributed by atoms with Crippen LogP contribution in [0.25, 0.3) is 0 Å². The van der Waals surface area contributed by atoms with Gasteiger partial charge in [-0.15, -0.1) is 12.4 Å². The summed E-state index contributed by atoms with van der Waals surface area (Å²) in [6.45, 7) is 1.31. The van der Waals surface area contributed by atoms with Gasteiger partial charge in [0.2, 0.25) is 0 Å². The Morgan fingerprint density at radius 1 is 1.03 bits per heavy atom. The Kier molecular flexibility index (Phi) is 4.90. The molecule has 0 aromatic heterocycles. The molecule has 0 aromatic rings. The summed E-state index contributed by atoms with van der Waals surface area (Å²) in [6.07, 6.45) is 7.68. The number of nitrogens with zero attached hydrogens (tertiary/aromatic N) is 2. The van der Waals surface area contributed by atoms with Gasteiger partial charge < -0.3 is 29.1 Å². The fourth-order valence-electron chi connectivity index (χ4n) is 5.34. The van der Waals surface area contributed by atoms with Crippen LogP contribution in [0.5, 0.6) is 0 Å². The van der Waals surface area contributed by atoms with Crippen LogP contribution >= 0.6 is 34.0 Å². The van der Waals surface area contributed by atoms with Gasteiger partial charge in [0, 0.05) is 19.8 Å². The van der Waals surface area contributed by atoms with Gasteiger partial charge in [-0.05, 0) is 23.3 Å². The number of hydrogen-bond donors (Lipinski definition) is 1. The van der Waals surface area contributed by atoms with Crippen molar-refractivity contribution in [1.82, 2.24) is 9.80 Å². The van der Waals surface area contributed by atoms with E-state index in [-0.39, 0.29) is 37.1 Å². The van der Waals surface area contributed by atoms with Gasteiger partial charge in [0.1, 0.15) is 6.10 Å². The molecule has 2 spiro atoms. The molecule has 2 bridgehead atoms. The van der Waals surface area contributed by atoms with E-state index in [4.69, 9.17) is 14.2 Å². The van der Waals surface area contributed by atoms with Crippen molar-refractivity contribution in [3.8, 4) is 0 Å². The van der Waals surface area contributed by atoms with Gasteiger partial charge in [-0.2, -0.15) is 0 Å². The monoisotopic (exact) mass is 498 g/mol. The topological polar surface area (TPSA) is 106 Å². The second-order valence-electron chi connectivity index (χ2n) is 8.21. The van der Waals surface area contributed by atoms with Crippen molar-refractivity contribution in [3.05, 3.63) is 48.3 Å². The minimum atomic E-state index is -1.20. The number of fused-ring (bicyclic) bond motifs is 3. The first kappa shape index (κ1) is 21.7. The lowest BCUT2D eigenvalue weighted by Crippen LogP contribution is -2.77. The van der Waals surface area contributed by atoms with E-state index in [1.807, 2.05) is 0 Å². The molecular formula is C20H19ClN2O7S2. The highest BCUT2D eigenvalue weighted by Crippen LogP contribution is 2.69. The zero-order valence-corrected chi connectivity index (χ0v) is 19.2. The van der Waals surface area contributed by atoms with Crippen LogP contribution in [0.4, 0.5) is 0 Å². The second kappa shape index (κ2) is 7.21. The normalized spacial score (nSPS) is 40.4. The lowest BCUT2D eigenvalue weighted by Gasteiger charge is -2.58. The minimum Gasteiger partial charge on any atom is -0.473 e. The van der Waals surface area contributed by atoms with E-state index in [1.54, 1.807) is 15.9 Å². The molecule has 7 rings (SSSR count). The van der Waals surface area contributed by atoms with Gasteiger partial charge >= 0.3 is 5.97 Å². The highest BCUT2D eigenvalue weighted by atomic mass is 35.5. The van der Waals surface area contributed by atoms with Crippen LogP contribution < -0.4 is 0 Å². The Morgan fingerprint density at radius 2 is 1.56 bits per heavy atom. The maximum absolute atomic E-state index is 14.0. The van der Waals surface area contributed by atoms with Crippen LogP contribution in [0.15, 0.2) is 48.3 Å². The Hall–Kier alpha value is -2.08. The fraction of sp³-hybridized carbons (Fsp3) is 0.450. The summed E-state index contributed by atoms with van der Waals surface area (Å²) in [7, 11) is 2.71. The third-order valence-corrected chi connectivity index (χ3v) is 10.1. The first-order valence-corrected chi connectivity index (χ1v) is 12.0. The number of halogens is 1. The number of esters is 1. The molecule has 170 valence electrons. The Balaban J connectivity index is 0.00000216. The van der Waals surface area contributed by atoms with E-state index >= 15 is 0 Å². The Bertz CT molecular complexity index is 1040. The molecule has 6 unspecified atom stereocenters. The van der Waals surface area contributed by atoms with Gasteiger partial charge in [-0.3, -0.25) is 14.4 Å². The maximum Gasteiger partial charge on any atom is 0.303 e. The van der Waals surface area contributed by atoms with E-state index in [0.29, 0.717) is 11.1 Å². The minimum absolute atomic E-state index is 0. The summed E-state index contributed by atoms with van der Waals surface area (Å²) in [4.78, 5) is 40.5. The molecule has 9 nitrogen and oxygen atoms in total. The Morgan fingerprint density at radius 3 is 2.16 bits per heavy atom. The first-order valence-electron chi connectivity index (χ1n) is 9.81. The van der Waals surface area contributed by atoms with E-state index in [1.165, 1.54) is 59.6 Å². The van der Waals surface area contributed by atoms with Crippen molar-refractivity contribution in [2.75, 3.05) is 0 Å². The van der Waals surface area contributed by atoms with Gasteiger partial charge in [0.15, 0.2) is 9.74 Å². The third-order valence-electron chi connectivity index (χ3n) is 6.48. The molecule has 7 aliphatic rings. The number of ether oxygens (including phenoxy) is 3. The van der Waals surface area contributed by atoms with E-state index in [9.17, 15) is 19.5 Å². The quantitative estimate of drug-likeness (QED) is 0.426. The number of aliphatic hydroxyl groups is 1. The van der Waals surface area contributed by atoms with Gasteiger partial charge in [0.25, 0.3) is 11.8 Å². The van der Waals surface area contributed by atoms with Crippen LogP contribution in [-0.2, 0) is 28.6 Å². The first-order chi connectivity index (χ1) is 14.9. The average Bonchev–Trinajstić information content (AvgIpc) is 3.11. The summed E-state index contributed by atoms with van der Waals surface area (Å²) in [5, 5.41) is 10.7. The van der Waals surface area contributed by atoms with Crippen molar-refractivity contribution in [2.24, 2.45) is 0 Å². The number of carbonyl (C=O) groups excluding carboxylic acids is 3. The van der Waals surface area contributed by atoms with Crippen LogP contribution in [0.1, 0.15) is 19.8 Å². The largest absolute Gasteiger partial charge is 0.473 e. The van der Waals surface area contributed by atoms with Gasteiger partial charge in [-0.25, -0.2) is 0 Å². The van der Waals surface area contributed by atoms with Gasteiger partial charge in [-0.1, -0.05) is 21.6 Å². The molecular weight excluding hydrogens is 480 g/mol. The number of rotatable bonds is 1. The molecule has 0 saturated carbocycles. The molecule has 0 aliphatic carbocycles. The lowest BCUT2D eigenvalue weighted by atomic mass is 10.0. The summed E-state index contributed by atoms with van der Waals surface area (Å²) < 4.78 is 16.3. The summed E-state index contributed by atoms with van der Waals surface area (Å²) in [5.41, 5.74) is 1.41. The molecule has 6 atom stereocenters. The van der Waals surface area contributed by atoms with Crippen LogP contribution in [0.3, 0.4) is 0 Å². The van der Waals surface area contributed by atoms with E-state index < -0.39 is 40.0 Å². The fourth-order valence-corrected chi connectivity index (χ4v) is 9.05. The number of aliphatic hydroxyl groups excluding tert-OH is 1. The van der Waals surface area contributed by atoms with Crippen molar-refractivity contribution in [3.63, 3.8) is 0 Å². The molecule has 0 aromatic carbocycles. The molecule has 2 amide bonds. The molecule has 1 N–H and O–H groups in total. The number of amides is 2. The zero-order chi connectivity index (χ0) is 21.5. The van der Waals surface area contributed by atoms with Crippen molar-refractivity contribution >= 4 is 51.8 Å². The molecule has 0 radical (unpaired) electrons. The molecule has 7 aliphatic heterocycles. The average molecular weight is 499 g/mol. The standard InChI is InChI=1S/C20H18N2O7S2.ClH/c1-10(23)29-14-3-5-28-9-12-7-20-17(25)21-15-11(8-27-4-2-13(15)24)6-19(21,30-31-20)18(26)22(20)16(12)14;/h2-5,8-9,13-16,24H,6-7H2,1H3;1H. The van der Waals surface area contributed by atoms with Crippen LogP contribution in [0, 0.1) is 0 Å². The highest BCUT2D eigenvalue weighted by Gasteiger charge is 2.77. The van der Waals surface area contributed by atoms with Crippen LogP contribution in [-0.4, -0.2) is 66.7 Å². The molecule has 5 saturated heterocycles. The number of carbonyl (C=O) groups is 3. The maximum atomic E-state index is 14.0. The number of piperazine rings is 1. The third kappa shape index (κ3) is 2.56. The molecule has 5 fully saturated rings. The predicted molar refractivity (Wildman–Crippen MR) is 117 cm³/mol. The Labute approximate surface area is 197 Å². The van der Waals surface area contributed by atoms with Gasteiger partial charge in [0.05, 0.1) is 43.2 Å². The highest BCUT2D eigenvalue weighted by molar-refractivity contribution is 8.78. The lowest BCUT2D eigenvalue weighted by molar-refractivity contribution is -0.170. The predicted octanol–water partition coefficient (Wildman–Crippen LogP) is 1.56. The van der Waals surface area contributed by atoms with Crippen LogP contribution in [0.2, 0.25) is 0 Å². The SMILES string of the molecule is CC(=O)OC1C=COC=C2CC34SSC5(CC6=COC=CC(O)C6N5C3=O)C(=O)N4C21.Cl. The molecule has 32 heavy (non-hydrogen) atoms.